The lowest BCUT2D eigenvalue weighted by Gasteiger charge is -2.21. The number of hydrogen-bond donors (Lipinski definition) is 1. The molecule has 1 aliphatic carbocycles. The predicted octanol–water partition coefficient (Wildman–Crippen LogP) is 4.23. The van der Waals surface area contributed by atoms with Crippen molar-refractivity contribution < 1.29 is 4.74 Å². The van der Waals surface area contributed by atoms with E-state index in [0.717, 1.165) is 20.3 Å². The van der Waals surface area contributed by atoms with Gasteiger partial charge in [-0.15, -0.1) is 11.3 Å². The molecular weight excluding hydrogens is 276 g/mol. The zero-order valence-electron chi connectivity index (χ0n) is 11.0. The van der Waals surface area contributed by atoms with Crippen molar-refractivity contribution in [3.8, 4) is 5.75 Å². The van der Waals surface area contributed by atoms with Crippen LogP contribution in [0.5, 0.6) is 5.75 Å². The van der Waals surface area contributed by atoms with Crippen LogP contribution in [0, 0.1) is 0 Å². The second kappa shape index (κ2) is 6.11. The third-order valence-corrected chi connectivity index (χ3v) is 5.59. The Kier molecular flexibility index (Phi) is 4.25. The molecule has 0 radical (unpaired) electrons. The molecule has 2 aromatic rings. The summed E-state index contributed by atoms with van der Waals surface area (Å²) < 4.78 is 11.1. The molecular formula is C14H18N2OS2. The van der Waals surface area contributed by atoms with Crippen molar-refractivity contribution >= 4 is 33.5 Å². The van der Waals surface area contributed by atoms with Crippen LogP contribution in [0.25, 0.3) is 10.2 Å². The Hall–Kier alpha value is -0.780. The lowest BCUT2D eigenvalue weighted by molar-refractivity contribution is 0.420. The van der Waals surface area contributed by atoms with Gasteiger partial charge in [-0.1, -0.05) is 25.3 Å². The van der Waals surface area contributed by atoms with Crippen LogP contribution < -0.4 is 9.46 Å². The van der Waals surface area contributed by atoms with Gasteiger partial charge >= 0.3 is 0 Å². The lowest BCUT2D eigenvalue weighted by atomic mass is 9.96. The first kappa shape index (κ1) is 13.2. The Morgan fingerprint density at radius 3 is 2.95 bits per heavy atom. The summed E-state index contributed by atoms with van der Waals surface area (Å²) in [6.45, 7) is 0. The summed E-state index contributed by atoms with van der Waals surface area (Å²) in [5.74, 6) is 0.916. The molecule has 1 aliphatic rings. The molecule has 3 rings (SSSR count). The summed E-state index contributed by atoms with van der Waals surface area (Å²) in [7, 11) is 1.71. The molecule has 0 bridgehead atoms. The van der Waals surface area contributed by atoms with E-state index < -0.39 is 0 Å². The molecule has 1 N–H and O–H groups in total. The maximum atomic E-state index is 5.38. The largest absolute Gasteiger partial charge is 0.495 e. The predicted molar refractivity (Wildman–Crippen MR) is 82.0 cm³/mol. The van der Waals surface area contributed by atoms with Crippen LogP contribution in [0.15, 0.2) is 22.5 Å². The second-order valence-electron chi connectivity index (χ2n) is 4.84. The summed E-state index contributed by atoms with van der Waals surface area (Å²) in [4.78, 5) is 4.64. The summed E-state index contributed by atoms with van der Waals surface area (Å²) >= 11 is 3.38. The molecule has 0 atom stereocenters. The minimum Gasteiger partial charge on any atom is -0.495 e. The van der Waals surface area contributed by atoms with E-state index in [-0.39, 0.29) is 0 Å². The van der Waals surface area contributed by atoms with Crippen molar-refractivity contribution in [1.29, 1.82) is 0 Å². The van der Waals surface area contributed by atoms with Crippen LogP contribution in [0.4, 0.5) is 0 Å². The smallest absolute Gasteiger partial charge is 0.166 e. The zero-order valence-corrected chi connectivity index (χ0v) is 12.6. The van der Waals surface area contributed by atoms with Gasteiger partial charge in [-0.3, -0.25) is 4.72 Å². The Labute approximate surface area is 121 Å². The van der Waals surface area contributed by atoms with Gasteiger partial charge in [0.25, 0.3) is 0 Å². The van der Waals surface area contributed by atoms with E-state index in [1.165, 1.54) is 32.1 Å². The van der Waals surface area contributed by atoms with Gasteiger partial charge in [0.05, 0.1) is 17.3 Å². The summed E-state index contributed by atoms with van der Waals surface area (Å²) in [5, 5.41) is 0. The molecule has 1 heterocycles. The van der Waals surface area contributed by atoms with Gasteiger partial charge in [0, 0.05) is 6.04 Å². The summed E-state index contributed by atoms with van der Waals surface area (Å²) in [6, 6.07) is 6.67. The highest BCUT2D eigenvalue weighted by molar-refractivity contribution is 7.99. The Morgan fingerprint density at radius 1 is 1.32 bits per heavy atom. The molecule has 0 spiro atoms. The molecule has 0 saturated heterocycles. The average Bonchev–Trinajstić information content (AvgIpc) is 2.89. The normalized spacial score (nSPS) is 16.9. The number of methoxy groups -OCH3 is 1. The van der Waals surface area contributed by atoms with Gasteiger partial charge < -0.3 is 4.74 Å². The molecule has 1 saturated carbocycles. The maximum absolute atomic E-state index is 5.38. The highest BCUT2D eigenvalue weighted by Gasteiger charge is 2.14. The van der Waals surface area contributed by atoms with Crippen LogP contribution in [-0.2, 0) is 0 Å². The Balaban J connectivity index is 1.70. The van der Waals surface area contributed by atoms with Gasteiger partial charge in [0.15, 0.2) is 4.34 Å². The lowest BCUT2D eigenvalue weighted by Crippen LogP contribution is -2.25. The Morgan fingerprint density at radius 2 is 2.16 bits per heavy atom. The average molecular weight is 294 g/mol. The van der Waals surface area contributed by atoms with Gasteiger partial charge in [0.2, 0.25) is 0 Å². The molecule has 1 aromatic carbocycles. The van der Waals surface area contributed by atoms with Crippen molar-refractivity contribution in [3.05, 3.63) is 18.2 Å². The molecule has 19 heavy (non-hydrogen) atoms. The SMILES string of the molecule is COc1cccc2nc(SNC3CCCCC3)sc12. The molecule has 5 heteroatoms. The first-order chi connectivity index (χ1) is 9.36. The number of nitrogens with one attached hydrogen (secondary N) is 1. The van der Waals surface area contributed by atoms with Crippen molar-refractivity contribution in [2.45, 2.75) is 42.5 Å². The van der Waals surface area contributed by atoms with Crippen LogP contribution in [0.3, 0.4) is 0 Å². The third kappa shape index (κ3) is 3.04. The van der Waals surface area contributed by atoms with E-state index in [1.807, 2.05) is 18.2 Å². The molecule has 102 valence electrons. The summed E-state index contributed by atoms with van der Waals surface area (Å²) in [6.07, 6.45) is 6.68. The van der Waals surface area contributed by atoms with E-state index in [4.69, 9.17) is 4.74 Å². The minimum absolute atomic E-state index is 0.646. The quantitative estimate of drug-likeness (QED) is 0.856. The maximum Gasteiger partial charge on any atom is 0.166 e. The number of nitrogens with zero attached hydrogens (tertiary/aromatic N) is 1. The van der Waals surface area contributed by atoms with Crippen LogP contribution >= 0.6 is 23.3 Å². The molecule has 0 unspecified atom stereocenters. The molecule has 0 aliphatic heterocycles. The topological polar surface area (TPSA) is 34.1 Å². The van der Waals surface area contributed by atoms with Gasteiger partial charge in [-0.25, -0.2) is 4.98 Å². The number of hydrogen-bond acceptors (Lipinski definition) is 5. The standard InChI is InChI=1S/C14H18N2OS2/c1-17-12-9-5-8-11-13(12)18-14(15-11)19-16-10-6-3-2-4-7-10/h5,8-10,16H,2-4,6-7H2,1H3. The van der Waals surface area contributed by atoms with Crippen molar-refractivity contribution in [2.75, 3.05) is 7.11 Å². The molecule has 3 nitrogen and oxygen atoms in total. The number of ether oxygens (including phenoxy) is 1. The third-order valence-electron chi connectivity index (χ3n) is 3.50. The van der Waals surface area contributed by atoms with Gasteiger partial charge in [-0.05, 0) is 36.9 Å². The molecule has 1 fully saturated rings. The monoisotopic (exact) mass is 294 g/mol. The number of fused-ring (bicyclic) bond motifs is 1. The number of thiazole rings is 1. The van der Waals surface area contributed by atoms with Crippen LogP contribution in [-0.4, -0.2) is 18.1 Å². The number of rotatable bonds is 4. The van der Waals surface area contributed by atoms with Crippen molar-refractivity contribution in [3.63, 3.8) is 0 Å². The first-order valence-electron chi connectivity index (χ1n) is 6.73. The molecule has 0 amide bonds. The van der Waals surface area contributed by atoms with E-state index in [2.05, 4.69) is 9.71 Å². The Bertz CT molecular complexity index is 549. The van der Waals surface area contributed by atoms with Gasteiger partial charge in [0.1, 0.15) is 5.75 Å². The van der Waals surface area contributed by atoms with E-state index in [0.29, 0.717) is 6.04 Å². The fourth-order valence-corrected chi connectivity index (χ4v) is 4.46. The van der Waals surface area contributed by atoms with Crippen molar-refractivity contribution in [2.24, 2.45) is 0 Å². The van der Waals surface area contributed by atoms with E-state index >= 15 is 0 Å². The van der Waals surface area contributed by atoms with E-state index in [9.17, 15) is 0 Å². The van der Waals surface area contributed by atoms with Crippen LogP contribution in [0.2, 0.25) is 0 Å². The fraction of sp³-hybridized carbons (Fsp3) is 0.500. The van der Waals surface area contributed by atoms with Crippen LogP contribution in [0.1, 0.15) is 32.1 Å². The zero-order chi connectivity index (χ0) is 13.1. The fourth-order valence-electron chi connectivity index (χ4n) is 2.46. The van der Waals surface area contributed by atoms with Crippen molar-refractivity contribution in [1.82, 2.24) is 9.71 Å². The minimum atomic E-state index is 0.646. The first-order valence-corrected chi connectivity index (χ1v) is 8.36. The second-order valence-corrected chi connectivity index (χ2v) is 6.93. The number of benzene rings is 1. The van der Waals surface area contributed by atoms with E-state index in [1.54, 1.807) is 30.4 Å². The molecule has 1 aromatic heterocycles. The summed E-state index contributed by atoms with van der Waals surface area (Å²) in [5.41, 5.74) is 1.03. The number of aromatic nitrogens is 1. The highest BCUT2D eigenvalue weighted by Crippen LogP contribution is 2.35. The van der Waals surface area contributed by atoms with Gasteiger partial charge in [-0.2, -0.15) is 0 Å². The highest BCUT2D eigenvalue weighted by atomic mass is 32.2.